The molecule has 5 heteroatoms. The average Bonchev–Trinajstić information content (AvgIpc) is 2.48. The van der Waals surface area contributed by atoms with Crippen LogP contribution in [0.4, 0.5) is 0 Å². The van der Waals surface area contributed by atoms with Crippen molar-refractivity contribution in [1.29, 1.82) is 0 Å². The first kappa shape index (κ1) is 7.05. The van der Waals surface area contributed by atoms with E-state index >= 15 is 0 Å². The van der Waals surface area contributed by atoms with Crippen molar-refractivity contribution in [3.8, 4) is 0 Å². The molecule has 0 atom stereocenters. The maximum atomic E-state index is 11.1. The Kier molecular flexibility index (Phi) is 1.44. The molecule has 0 saturated heterocycles. The molecule has 2 N–H and O–H groups in total. The van der Waals surface area contributed by atoms with E-state index in [4.69, 9.17) is 5.11 Å². The average molecular weight is 165 g/mol. The molecule has 0 aliphatic rings. The van der Waals surface area contributed by atoms with Gasteiger partial charge in [0.1, 0.15) is 0 Å². The number of aromatic nitrogens is 3. The molecule has 2 aromatic rings. The number of fused-ring (bicyclic) bond motifs is 1. The van der Waals surface area contributed by atoms with Gasteiger partial charge in [0.05, 0.1) is 12.3 Å². The van der Waals surface area contributed by atoms with Crippen molar-refractivity contribution >= 4 is 5.65 Å². The maximum absolute atomic E-state index is 11.1. The summed E-state index contributed by atoms with van der Waals surface area (Å²) in [5.41, 5.74) is 0.729. The Hall–Kier alpha value is -1.62. The molecule has 0 unspecified atom stereocenters. The van der Waals surface area contributed by atoms with Crippen LogP contribution in [0, 0.1) is 0 Å². The standard InChI is InChI=1S/C7H7N3O2/c11-4-5-2-1-3-6-8-9-7(12)10(5)6/h1-3,11H,4H2,(H,9,12). The summed E-state index contributed by atoms with van der Waals surface area (Å²) in [4.78, 5) is 11.1. The summed E-state index contributed by atoms with van der Waals surface area (Å²) in [5.74, 6) is 0. The fourth-order valence-corrected chi connectivity index (χ4v) is 1.14. The molecule has 0 fully saturated rings. The van der Waals surface area contributed by atoms with E-state index < -0.39 is 0 Å². The zero-order chi connectivity index (χ0) is 8.55. The van der Waals surface area contributed by atoms with Gasteiger partial charge >= 0.3 is 5.69 Å². The highest BCUT2D eigenvalue weighted by Crippen LogP contribution is 2.00. The van der Waals surface area contributed by atoms with Crippen molar-refractivity contribution in [2.24, 2.45) is 0 Å². The minimum absolute atomic E-state index is 0.170. The minimum Gasteiger partial charge on any atom is -0.390 e. The maximum Gasteiger partial charge on any atom is 0.348 e. The molecule has 2 aromatic heterocycles. The molecule has 0 aliphatic carbocycles. The predicted octanol–water partition coefficient (Wildman–Crippen LogP) is -0.485. The van der Waals surface area contributed by atoms with Crippen LogP contribution in [-0.4, -0.2) is 19.7 Å². The number of hydrogen-bond donors (Lipinski definition) is 2. The van der Waals surface area contributed by atoms with E-state index in [1.807, 2.05) is 0 Å². The second-order valence-electron chi connectivity index (χ2n) is 2.40. The molecule has 0 aromatic carbocycles. The number of rotatable bonds is 1. The molecule has 0 bridgehead atoms. The molecule has 0 saturated carbocycles. The Labute approximate surface area is 67.3 Å². The number of aromatic amines is 1. The molecular weight excluding hydrogens is 158 g/mol. The number of pyridine rings is 1. The van der Waals surface area contributed by atoms with Crippen LogP contribution < -0.4 is 5.69 Å². The summed E-state index contributed by atoms with van der Waals surface area (Å²) in [7, 11) is 0. The molecule has 5 nitrogen and oxygen atoms in total. The van der Waals surface area contributed by atoms with E-state index in [2.05, 4.69) is 10.2 Å². The number of aliphatic hydroxyl groups is 1. The fourth-order valence-electron chi connectivity index (χ4n) is 1.14. The number of hydrogen-bond acceptors (Lipinski definition) is 3. The SMILES string of the molecule is O=c1[nH]nc2cccc(CO)n12. The Morgan fingerprint density at radius 3 is 3.17 bits per heavy atom. The lowest BCUT2D eigenvalue weighted by Crippen LogP contribution is -2.13. The quantitative estimate of drug-likeness (QED) is 0.599. The molecular formula is C7H7N3O2. The smallest absolute Gasteiger partial charge is 0.348 e. The van der Waals surface area contributed by atoms with Crippen molar-refractivity contribution in [2.45, 2.75) is 6.61 Å². The van der Waals surface area contributed by atoms with Crippen molar-refractivity contribution < 1.29 is 5.11 Å². The molecule has 0 amide bonds. The number of nitrogens with zero attached hydrogens (tertiary/aromatic N) is 2. The van der Waals surface area contributed by atoms with E-state index in [1.54, 1.807) is 18.2 Å². The lowest BCUT2D eigenvalue weighted by molar-refractivity contribution is 0.275. The molecule has 62 valence electrons. The van der Waals surface area contributed by atoms with Crippen molar-refractivity contribution in [1.82, 2.24) is 14.6 Å². The molecule has 12 heavy (non-hydrogen) atoms. The van der Waals surface area contributed by atoms with Crippen molar-refractivity contribution in [3.63, 3.8) is 0 Å². The normalized spacial score (nSPS) is 10.8. The van der Waals surface area contributed by atoms with Crippen LogP contribution in [0.25, 0.3) is 5.65 Å². The van der Waals surface area contributed by atoms with Crippen LogP contribution in [0.1, 0.15) is 5.69 Å². The third-order valence-corrected chi connectivity index (χ3v) is 1.68. The van der Waals surface area contributed by atoms with E-state index in [9.17, 15) is 4.79 Å². The first-order valence-electron chi connectivity index (χ1n) is 3.49. The van der Waals surface area contributed by atoms with Gasteiger partial charge in [-0.1, -0.05) is 6.07 Å². The van der Waals surface area contributed by atoms with Crippen LogP contribution in [0.2, 0.25) is 0 Å². The van der Waals surface area contributed by atoms with Gasteiger partial charge in [-0.3, -0.25) is 0 Å². The Morgan fingerprint density at radius 2 is 2.42 bits per heavy atom. The highest BCUT2D eigenvalue weighted by molar-refractivity contribution is 5.37. The Bertz CT molecular complexity index is 457. The molecule has 0 aliphatic heterocycles. The lowest BCUT2D eigenvalue weighted by atomic mass is 10.3. The molecule has 2 rings (SSSR count). The first-order valence-corrected chi connectivity index (χ1v) is 3.49. The molecule has 0 spiro atoms. The summed E-state index contributed by atoms with van der Waals surface area (Å²) in [5, 5.41) is 14.9. The Balaban J connectivity index is 2.93. The van der Waals surface area contributed by atoms with E-state index in [1.165, 1.54) is 4.40 Å². The summed E-state index contributed by atoms with van der Waals surface area (Å²) >= 11 is 0. The number of aliphatic hydroxyl groups excluding tert-OH is 1. The van der Waals surface area contributed by atoms with Gasteiger partial charge in [-0.15, -0.1) is 0 Å². The van der Waals surface area contributed by atoms with Crippen molar-refractivity contribution in [2.75, 3.05) is 0 Å². The van der Waals surface area contributed by atoms with E-state index in [0.717, 1.165) is 0 Å². The number of H-pyrrole nitrogens is 1. The van der Waals surface area contributed by atoms with Gasteiger partial charge in [0.15, 0.2) is 5.65 Å². The molecule has 2 heterocycles. The third-order valence-electron chi connectivity index (χ3n) is 1.68. The molecule has 0 radical (unpaired) electrons. The summed E-state index contributed by atoms with van der Waals surface area (Å²) < 4.78 is 1.33. The third kappa shape index (κ3) is 0.835. The van der Waals surface area contributed by atoms with Gasteiger partial charge in [0.2, 0.25) is 0 Å². The van der Waals surface area contributed by atoms with Gasteiger partial charge in [-0.05, 0) is 12.1 Å². The van der Waals surface area contributed by atoms with Crippen LogP contribution in [0.5, 0.6) is 0 Å². The number of nitrogens with one attached hydrogen (secondary N) is 1. The van der Waals surface area contributed by atoms with Gasteiger partial charge in [0.25, 0.3) is 0 Å². The summed E-state index contributed by atoms with van der Waals surface area (Å²) in [6.07, 6.45) is 0. The predicted molar refractivity (Wildman–Crippen MR) is 41.7 cm³/mol. The summed E-state index contributed by atoms with van der Waals surface area (Å²) in [6.45, 7) is -0.170. The zero-order valence-corrected chi connectivity index (χ0v) is 6.19. The highest BCUT2D eigenvalue weighted by atomic mass is 16.3. The second-order valence-corrected chi connectivity index (χ2v) is 2.40. The largest absolute Gasteiger partial charge is 0.390 e. The lowest BCUT2D eigenvalue weighted by Gasteiger charge is -1.97. The van der Waals surface area contributed by atoms with Crippen LogP contribution >= 0.6 is 0 Å². The highest BCUT2D eigenvalue weighted by Gasteiger charge is 2.02. The van der Waals surface area contributed by atoms with E-state index in [-0.39, 0.29) is 12.3 Å². The monoisotopic (exact) mass is 165 g/mol. The zero-order valence-electron chi connectivity index (χ0n) is 6.19. The minimum atomic E-state index is -0.324. The van der Waals surface area contributed by atoms with Gasteiger partial charge in [-0.25, -0.2) is 14.3 Å². The first-order chi connectivity index (χ1) is 5.83. The fraction of sp³-hybridized carbons (Fsp3) is 0.143. The van der Waals surface area contributed by atoms with Crippen molar-refractivity contribution in [3.05, 3.63) is 34.4 Å². The Morgan fingerprint density at radius 1 is 1.58 bits per heavy atom. The van der Waals surface area contributed by atoms with Crippen LogP contribution in [0.3, 0.4) is 0 Å². The van der Waals surface area contributed by atoms with Crippen LogP contribution in [-0.2, 0) is 6.61 Å². The van der Waals surface area contributed by atoms with Gasteiger partial charge < -0.3 is 5.11 Å². The second kappa shape index (κ2) is 2.46. The topological polar surface area (TPSA) is 70.4 Å². The summed E-state index contributed by atoms with van der Waals surface area (Å²) in [6, 6.07) is 5.10. The van der Waals surface area contributed by atoms with E-state index in [0.29, 0.717) is 11.3 Å². The van der Waals surface area contributed by atoms with Gasteiger partial charge in [-0.2, -0.15) is 5.10 Å². The van der Waals surface area contributed by atoms with Gasteiger partial charge in [0, 0.05) is 0 Å². The van der Waals surface area contributed by atoms with Crippen LogP contribution in [0.15, 0.2) is 23.0 Å².